The fourth-order valence-electron chi connectivity index (χ4n) is 1.87. The highest BCUT2D eigenvalue weighted by Crippen LogP contribution is 2.52. The molecule has 0 aliphatic heterocycles. The van der Waals surface area contributed by atoms with Gasteiger partial charge in [0, 0.05) is 12.8 Å². The maximum atomic E-state index is 11.5. The predicted molar refractivity (Wildman–Crippen MR) is 92.5 cm³/mol. The molecule has 0 saturated carbocycles. The Bertz CT molecular complexity index is 551. The number of rotatable bonds is 10. The van der Waals surface area contributed by atoms with Crippen LogP contribution < -0.4 is 9.79 Å². The molecule has 0 heterocycles. The summed E-state index contributed by atoms with van der Waals surface area (Å²) in [4.78, 5) is 22.3. The molecule has 23 heavy (non-hydrogen) atoms. The Kier molecular flexibility index (Phi) is 10.2. The van der Waals surface area contributed by atoms with E-state index >= 15 is 0 Å². The Labute approximate surface area is 140 Å². The van der Waals surface area contributed by atoms with Gasteiger partial charge in [0.05, 0.1) is 0 Å². The summed E-state index contributed by atoms with van der Waals surface area (Å²) in [6.45, 7) is 8.82. The first kappa shape index (κ1) is 22.6. The first-order chi connectivity index (χ1) is 10.4. The quantitative estimate of drug-likeness (QED) is 0.430. The second kappa shape index (κ2) is 10.4. The molecule has 0 spiro atoms. The summed E-state index contributed by atoms with van der Waals surface area (Å²) in [6, 6.07) is 0. The molecule has 0 amide bonds. The Balaban J connectivity index is 4.28. The van der Waals surface area contributed by atoms with Crippen molar-refractivity contribution in [2.24, 2.45) is 0 Å². The highest BCUT2D eigenvalue weighted by molar-refractivity contribution is 7.64. The second-order valence-corrected chi connectivity index (χ2v) is 9.89. The lowest BCUT2D eigenvalue weighted by atomic mass is 10.1. The van der Waals surface area contributed by atoms with Gasteiger partial charge in [0.15, 0.2) is 0 Å². The van der Waals surface area contributed by atoms with Crippen LogP contribution in [0, 0.1) is 0 Å². The average Bonchev–Trinajstić information content (AvgIpc) is 2.33. The molecule has 0 aromatic heterocycles. The Morgan fingerprint density at radius 2 is 1.39 bits per heavy atom. The fourth-order valence-corrected chi connectivity index (χ4v) is 4.48. The molecule has 0 radical (unpaired) electrons. The third-order valence-corrected chi connectivity index (χ3v) is 5.87. The Hall–Kier alpha value is -0.440. The van der Waals surface area contributed by atoms with Crippen LogP contribution in [0.2, 0.25) is 0 Å². The van der Waals surface area contributed by atoms with Crippen LogP contribution in [-0.2, 0) is 13.4 Å². The van der Waals surface area contributed by atoms with Crippen molar-refractivity contribution in [1.82, 2.24) is 0 Å². The standard InChI is InChI=1S/C16H30O5P2/c1-14(2)8-6-9-15(3)10-7-11-16(4)12-13-23(19,20)21-22(5,17)18/h8,10,12H,6-7,9,11,13H2,1-5H3,(H,17,18)(H,19,20)/p-2/b15-10+,16-12+. The van der Waals surface area contributed by atoms with E-state index in [1.165, 1.54) is 17.2 Å². The molecule has 0 rings (SSSR count). The van der Waals surface area contributed by atoms with Gasteiger partial charge in [-0.2, -0.15) is 0 Å². The van der Waals surface area contributed by atoms with E-state index in [0.29, 0.717) is 0 Å². The van der Waals surface area contributed by atoms with Crippen LogP contribution in [0.1, 0.15) is 53.4 Å². The van der Waals surface area contributed by atoms with Crippen molar-refractivity contribution >= 4 is 15.2 Å². The van der Waals surface area contributed by atoms with Crippen LogP contribution in [0.3, 0.4) is 0 Å². The monoisotopic (exact) mass is 362 g/mol. The van der Waals surface area contributed by atoms with Gasteiger partial charge in [-0.25, -0.2) is 0 Å². The van der Waals surface area contributed by atoms with Gasteiger partial charge in [-0.1, -0.05) is 34.9 Å². The molecule has 0 saturated heterocycles. The van der Waals surface area contributed by atoms with Crippen LogP contribution in [0.4, 0.5) is 0 Å². The first-order valence-electron chi connectivity index (χ1n) is 7.66. The molecule has 0 aliphatic rings. The summed E-state index contributed by atoms with van der Waals surface area (Å²) in [6.07, 6.45) is 9.09. The summed E-state index contributed by atoms with van der Waals surface area (Å²) >= 11 is 0. The van der Waals surface area contributed by atoms with Gasteiger partial charge in [-0.3, -0.25) is 4.31 Å². The molecule has 0 bridgehead atoms. The van der Waals surface area contributed by atoms with Crippen molar-refractivity contribution in [1.29, 1.82) is 0 Å². The van der Waals surface area contributed by atoms with E-state index in [1.807, 2.05) is 6.92 Å². The van der Waals surface area contributed by atoms with Gasteiger partial charge >= 0.3 is 0 Å². The van der Waals surface area contributed by atoms with E-state index in [4.69, 9.17) is 0 Å². The van der Waals surface area contributed by atoms with E-state index < -0.39 is 21.4 Å². The van der Waals surface area contributed by atoms with Gasteiger partial charge < -0.3 is 18.9 Å². The van der Waals surface area contributed by atoms with Crippen LogP contribution in [-0.4, -0.2) is 12.8 Å². The minimum atomic E-state index is -4.37. The lowest BCUT2D eigenvalue weighted by Gasteiger charge is -2.28. The summed E-state index contributed by atoms with van der Waals surface area (Å²) in [5, 5.41) is 0. The van der Waals surface area contributed by atoms with Gasteiger partial charge in [0.1, 0.15) is 15.2 Å². The molecular weight excluding hydrogens is 334 g/mol. The molecule has 0 aromatic carbocycles. The van der Waals surface area contributed by atoms with Crippen molar-refractivity contribution in [3.63, 3.8) is 0 Å². The van der Waals surface area contributed by atoms with Crippen molar-refractivity contribution in [3.8, 4) is 0 Å². The van der Waals surface area contributed by atoms with Crippen LogP contribution in [0.25, 0.3) is 0 Å². The molecule has 0 fully saturated rings. The smallest absolute Gasteiger partial charge is 0.144 e. The topological polar surface area (TPSA) is 89.5 Å². The van der Waals surface area contributed by atoms with Crippen LogP contribution >= 0.6 is 15.2 Å². The molecule has 0 aliphatic carbocycles. The molecule has 0 aromatic rings. The predicted octanol–water partition coefficient (Wildman–Crippen LogP) is 4.16. The summed E-state index contributed by atoms with van der Waals surface area (Å²) in [5.74, 6) is 0. The highest BCUT2D eigenvalue weighted by Gasteiger charge is 2.12. The summed E-state index contributed by atoms with van der Waals surface area (Å²) < 4.78 is 26.5. The molecule has 2 unspecified atom stereocenters. The average molecular weight is 362 g/mol. The maximum absolute atomic E-state index is 11.5. The minimum absolute atomic E-state index is 0.401. The first-order valence-corrected chi connectivity index (χ1v) is 11.4. The lowest BCUT2D eigenvalue weighted by Crippen LogP contribution is -2.10. The van der Waals surface area contributed by atoms with Crippen molar-refractivity contribution in [3.05, 3.63) is 34.9 Å². The maximum Gasteiger partial charge on any atom is 0.144 e. The normalized spacial score (nSPS) is 18.2. The number of hydrogen-bond acceptors (Lipinski definition) is 5. The van der Waals surface area contributed by atoms with Crippen molar-refractivity contribution < 1.29 is 23.2 Å². The van der Waals surface area contributed by atoms with E-state index in [9.17, 15) is 18.9 Å². The number of hydrogen-bond donors (Lipinski definition) is 0. The summed E-state index contributed by atoms with van der Waals surface area (Å²) in [5.41, 5.74) is 3.52. The fraction of sp³-hybridized carbons (Fsp3) is 0.625. The van der Waals surface area contributed by atoms with E-state index in [1.54, 1.807) is 0 Å². The Morgan fingerprint density at radius 3 is 1.87 bits per heavy atom. The van der Waals surface area contributed by atoms with Crippen molar-refractivity contribution in [2.75, 3.05) is 12.8 Å². The van der Waals surface area contributed by atoms with Crippen LogP contribution in [0.5, 0.6) is 0 Å². The molecule has 2 atom stereocenters. The number of allylic oxidation sites excluding steroid dienone is 6. The Morgan fingerprint density at radius 1 is 0.913 bits per heavy atom. The molecule has 7 heteroatoms. The minimum Gasteiger partial charge on any atom is -0.778 e. The van der Waals surface area contributed by atoms with E-state index in [-0.39, 0.29) is 0 Å². The molecule has 5 nitrogen and oxygen atoms in total. The van der Waals surface area contributed by atoms with Crippen LogP contribution in [0.15, 0.2) is 34.9 Å². The highest BCUT2D eigenvalue weighted by atomic mass is 31.3. The zero-order valence-corrected chi connectivity index (χ0v) is 16.5. The van der Waals surface area contributed by atoms with Gasteiger partial charge in [0.25, 0.3) is 0 Å². The zero-order chi connectivity index (χ0) is 18.1. The largest absolute Gasteiger partial charge is 0.778 e. The summed E-state index contributed by atoms with van der Waals surface area (Å²) in [7, 11) is -8.64. The molecular formula is C16H28O5P2-2. The third-order valence-electron chi connectivity index (χ3n) is 3.06. The lowest BCUT2D eigenvalue weighted by molar-refractivity contribution is -0.211. The molecule has 134 valence electrons. The third kappa shape index (κ3) is 14.9. The molecule has 0 N–H and O–H groups in total. The second-order valence-electron chi connectivity index (χ2n) is 6.11. The van der Waals surface area contributed by atoms with Gasteiger partial charge in [-0.05, 0) is 53.4 Å². The van der Waals surface area contributed by atoms with Gasteiger partial charge in [0.2, 0.25) is 0 Å². The van der Waals surface area contributed by atoms with E-state index in [2.05, 4.69) is 37.2 Å². The zero-order valence-electron chi connectivity index (χ0n) is 14.7. The SMILES string of the molecule is CC(C)=CCC/C(C)=C/CC/C(C)=C/CP(=O)([O-])OP(C)(=O)[O-]. The van der Waals surface area contributed by atoms with Crippen molar-refractivity contribution in [2.45, 2.75) is 53.4 Å². The van der Waals surface area contributed by atoms with Gasteiger partial charge in [-0.15, -0.1) is 0 Å². The van der Waals surface area contributed by atoms with E-state index in [0.717, 1.165) is 37.9 Å².